The summed E-state index contributed by atoms with van der Waals surface area (Å²) >= 11 is 0. The number of rotatable bonds is 9. The predicted octanol–water partition coefficient (Wildman–Crippen LogP) is 3.54. The van der Waals surface area contributed by atoms with Gasteiger partial charge in [-0.2, -0.15) is 0 Å². The molecule has 2 aromatic carbocycles. The van der Waals surface area contributed by atoms with Gasteiger partial charge in [-0.25, -0.2) is 0 Å². The Balaban J connectivity index is 1.36. The second-order valence-corrected chi connectivity index (χ2v) is 7.78. The second-order valence-electron chi connectivity index (χ2n) is 7.78. The first kappa shape index (κ1) is 21.8. The predicted molar refractivity (Wildman–Crippen MR) is 119 cm³/mol. The fourth-order valence-corrected chi connectivity index (χ4v) is 3.44. The van der Waals surface area contributed by atoms with Gasteiger partial charge >= 0.3 is 5.97 Å². The first-order valence-electron chi connectivity index (χ1n) is 10.6. The summed E-state index contributed by atoms with van der Waals surface area (Å²) in [5.41, 5.74) is 3.76. The zero-order valence-electron chi connectivity index (χ0n) is 17.9. The molecule has 0 spiro atoms. The highest BCUT2D eigenvalue weighted by atomic mass is 16.5. The third kappa shape index (κ3) is 6.59. The standard InChI is InChI=1S/C24H31N3O3/c1-18-5-10-22(17-19(18)2)30-23(28)11-12-25-21-8-6-20(7-9-21)24(29)26-13-16-27-14-3-4-15-27/h5-10,17,25H,3-4,11-16H2,1-2H3,(H,26,29). The molecule has 0 saturated carbocycles. The topological polar surface area (TPSA) is 70.7 Å². The molecular weight excluding hydrogens is 378 g/mol. The number of carbonyl (C=O) groups is 2. The van der Waals surface area contributed by atoms with E-state index in [0.717, 1.165) is 30.9 Å². The number of hydrogen-bond acceptors (Lipinski definition) is 5. The smallest absolute Gasteiger partial charge is 0.312 e. The fraction of sp³-hybridized carbons (Fsp3) is 0.417. The Hall–Kier alpha value is -2.86. The Kier molecular flexibility index (Phi) is 7.85. The van der Waals surface area contributed by atoms with Crippen LogP contribution in [-0.2, 0) is 4.79 Å². The molecule has 1 amide bonds. The minimum atomic E-state index is -0.278. The summed E-state index contributed by atoms with van der Waals surface area (Å²) in [5, 5.41) is 6.16. The van der Waals surface area contributed by atoms with E-state index in [9.17, 15) is 9.59 Å². The summed E-state index contributed by atoms with van der Waals surface area (Å²) in [7, 11) is 0. The van der Waals surface area contributed by atoms with Crippen molar-refractivity contribution in [3.05, 3.63) is 59.2 Å². The minimum absolute atomic E-state index is 0.0577. The third-order valence-electron chi connectivity index (χ3n) is 5.43. The van der Waals surface area contributed by atoms with Crippen LogP contribution in [0.2, 0.25) is 0 Å². The number of nitrogens with zero attached hydrogens (tertiary/aromatic N) is 1. The second kappa shape index (κ2) is 10.8. The van der Waals surface area contributed by atoms with Gasteiger partial charge in [0.15, 0.2) is 0 Å². The molecule has 1 fully saturated rings. The van der Waals surface area contributed by atoms with Crippen LogP contribution in [0.5, 0.6) is 5.75 Å². The van der Waals surface area contributed by atoms with Crippen molar-refractivity contribution in [3.63, 3.8) is 0 Å². The zero-order valence-corrected chi connectivity index (χ0v) is 17.9. The van der Waals surface area contributed by atoms with Crippen molar-refractivity contribution in [3.8, 4) is 5.75 Å². The Morgan fingerprint density at radius 2 is 1.70 bits per heavy atom. The van der Waals surface area contributed by atoms with Crippen molar-refractivity contribution >= 4 is 17.6 Å². The van der Waals surface area contributed by atoms with Gasteiger partial charge in [0.1, 0.15) is 5.75 Å². The number of esters is 1. The maximum Gasteiger partial charge on any atom is 0.312 e. The number of ether oxygens (including phenoxy) is 1. The Morgan fingerprint density at radius 3 is 2.40 bits per heavy atom. The number of aryl methyl sites for hydroxylation is 2. The van der Waals surface area contributed by atoms with Crippen molar-refractivity contribution in [2.24, 2.45) is 0 Å². The van der Waals surface area contributed by atoms with Crippen molar-refractivity contribution in [1.29, 1.82) is 0 Å². The summed E-state index contributed by atoms with van der Waals surface area (Å²) in [4.78, 5) is 26.6. The molecule has 6 heteroatoms. The third-order valence-corrected chi connectivity index (χ3v) is 5.43. The van der Waals surface area contributed by atoms with E-state index >= 15 is 0 Å². The molecule has 30 heavy (non-hydrogen) atoms. The normalized spacial score (nSPS) is 13.8. The molecule has 1 saturated heterocycles. The first-order valence-corrected chi connectivity index (χ1v) is 10.6. The van der Waals surface area contributed by atoms with E-state index in [2.05, 4.69) is 15.5 Å². The molecule has 0 bridgehead atoms. The lowest BCUT2D eigenvalue weighted by molar-refractivity contribution is -0.134. The summed E-state index contributed by atoms with van der Waals surface area (Å²) < 4.78 is 5.38. The van der Waals surface area contributed by atoms with E-state index in [1.807, 2.05) is 44.2 Å². The van der Waals surface area contributed by atoms with Crippen LogP contribution in [0.25, 0.3) is 0 Å². The summed E-state index contributed by atoms with van der Waals surface area (Å²) in [6.07, 6.45) is 2.77. The monoisotopic (exact) mass is 409 g/mol. The van der Waals surface area contributed by atoms with Crippen molar-refractivity contribution in [1.82, 2.24) is 10.2 Å². The molecule has 6 nitrogen and oxygen atoms in total. The van der Waals surface area contributed by atoms with E-state index in [1.165, 1.54) is 18.4 Å². The van der Waals surface area contributed by atoms with Crippen LogP contribution in [0.3, 0.4) is 0 Å². The lowest BCUT2D eigenvalue weighted by atomic mass is 10.1. The lowest BCUT2D eigenvalue weighted by Gasteiger charge is -2.14. The lowest BCUT2D eigenvalue weighted by Crippen LogP contribution is -2.33. The Bertz CT molecular complexity index is 858. The molecule has 1 aliphatic rings. The van der Waals surface area contributed by atoms with Crippen LogP contribution in [-0.4, -0.2) is 49.5 Å². The number of hydrogen-bond donors (Lipinski definition) is 2. The first-order chi connectivity index (χ1) is 14.5. The van der Waals surface area contributed by atoms with E-state index < -0.39 is 0 Å². The van der Waals surface area contributed by atoms with Crippen LogP contribution in [0, 0.1) is 13.8 Å². The maximum absolute atomic E-state index is 12.2. The largest absolute Gasteiger partial charge is 0.426 e. The minimum Gasteiger partial charge on any atom is -0.426 e. The number of likely N-dealkylation sites (tertiary alicyclic amines) is 1. The molecule has 1 aliphatic heterocycles. The Labute approximate surface area is 178 Å². The average molecular weight is 410 g/mol. The van der Waals surface area contributed by atoms with Crippen LogP contribution in [0.4, 0.5) is 5.69 Å². The highest BCUT2D eigenvalue weighted by molar-refractivity contribution is 5.94. The van der Waals surface area contributed by atoms with Gasteiger partial charge in [0, 0.05) is 30.9 Å². The van der Waals surface area contributed by atoms with Gasteiger partial charge in [0.25, 0.3) is 5.91 Å². The molecule has 0 unspecified atom stereocenters. The fourth-order valence-electron chi connectivity index (χ4n) is 3.44. The van der Waals surface area contributed by atoms with Gasteiger partial charge in [0.2, 0.25) is 0 Å². The van der Waals surface area contributed by atoms with Crippen molar-refractivity contribution in [2.75, 3.05) is 38.0 Å². The zero-order chi connectivity index (χ0) is 21.3. The number of nitrogens with one attached hydrogen (secondary N) is 2. The molecule has 3 rings (SSSR count). The number of anilines is 1. The van der Waals surface area contributed by atoms with Gasteiger partial charge in [-0.05, 0) is 87.3 Å². The van der Waals surface area contributed by atoms with Gasteiger partial charge in [0.05, 0.1) is 6.42 Å². The summed E-state index contributed by atoms with van der Waals surface area (Å²) in [6.45, 7) is 8.32. The molecule has 0 aliphatic carbocycles. The van der Waals surface area contributed by atoms with E-state index in [-0.39, 0.29) is 18.3 Å². The highest BCUT2D eigenvalue weighted by Crippen LogP contribution is 2.17. The van der Waals surface area contributed by atoms with Crippen LogP contribution < -0.4 is 15.4 Å². The highest BCUT2D eigenvalue weighted by Gasteiger charge is 2.12. The van der Waals surface area contributed by atoms with Crippen molar-refractivity contribution < 1.29 is 14.3 Å². The Morgan fingerprint density at radius 1 is 0.967 bits per heavy atom. The van der Waals surface area contributed by atoms with Crippen LogP contribution >= 0.6 is 0 Å². The molecule has 2 aromatic rings. The van der Waals surface area contributed by atoms with Gasteiger partial charge in [-0.1, -0.05) is 6.07 Å². The molecule has 2 N–H and O–H groups in total. The molecule has 160 valence electrons. The quantitative estimate of drug-likeness (QED) is 0.490. The molecule has 0 radical (unpaired) electrons. The SMILES string of the molecule is Cc1ccc(OC(=O)CCNc2ccc(C(=O)NCCN3CCCC3)cc2)cc1C. The summed E-state index contributed by atoms with van der Waals surface area (Å²) in [5.74, 6) is 0.237. The molecule has 0 aromatic heterocycles. The van der Waals surface area contributed by atoms with Gasteiger partial charge < -0.3 is 20.3 Å². The van der Waals surface area contributed by atoms with Gasteiger partial charge in [-0.15, -0.1) is 0 Å². The van der Waals surface area contributed by atoms with E-state index in [0.29, 0.717) is 24.4 Å². The van der Waals surface area contributed by atoms with E-state index in [1.54, 1.807) is 12.1 Å². The van der Waals surface area contributed by atoms with Gasteiger partial charge in [-0.3, -0.25) is 9.59 Å². The summed E-state index contributed by atoms with van der Waals surface area (Å²) in [6, 6.07) is 12.9. The van der Waals surface area contributed by atoms with Crippen molar-refractivity contribution in [2.45, 2.75) is 33.1 Å². The van der Waals surface area contributed by atoms with Crippen LogP contribution in [0.1, 0.15) is 40.7 Å². The maximum atomic E-state index is 12.2. The molecular formula is C24H31N3O3. The van der Waals surface area contributed by atoms with Crippen LogP contribution in [0.15, 0.2) is 42.5 Å². The molecule has 1 heterocycles. The number of benzene rings is 2. The van der Waals surface area contributed by atoms with E-state index in [4.69, 9.17) is 4.74 Å². The number of carbonyl (C=O) groups excluding carboxylic acids is 2. The molecule has 0 atom stereocenters. The average Bonchev–Trinajstić information content (AvgIpc) is 3.25. The number of amides is 1.